The van der Waals surface area contributed by atoms with Crippen LogP contribution in [0.3, 0.4) is 0 Å². The van der Waals surface area contributed by atoms with Gasteiger partial charge in [0, 0.05) is 19.8 Å². The van der Waals surface area contributed by atoms with Gasteiger partial charge in [0.1, 0.15) is 5.82 Å². The van der Waals surface area contributed by atoms with Crippen LogP contribution >= 0.6 is 0 Å². The van der Waals surface area contributed by atoms with E-state index >= 15 is 0 Å². The van der Waals surface area contributed by atoms with Crippen LogP contribution in [0.2, 0.25) is 0 Å². The van der Waals surface area contributed by atoms with Gasteiger partial charge in [-0.3, -0.25) is 0 Å². The summed E-state index contributed by atoms with van der Waals surface area (Å²) in [7, 11) is 4.11. The van der Waals surface area contributed by atoms with Crippen molar-refractivity contribution in [2.24, 2.45) is 0 Å². The number of pyridine rings is 1. The summed E-state index contributed by atoms with van der Waals surface area (Å²) in [6.07, 6.45) is 0. The van der Waals surface area contributed by atoms with Crippen molar-refractivity contribution >= 4 is 5.82 Å². The third-order valence-corrected chi connectivity index (χ3v) is 2.56. The average molecular weight is 206 g/mol. The van der Waals surface area contributed by atoms with Gasteiger partial charge in [-0.15, -0.1) is 0 Å². The molecular weight excluding hydrogens is 184 g/mol. The highest BCUT2D eigenvalue weighted by atomic mass is 15.1. The zero-order valence-corrected chi connectivity index (χ0v) is 10.7. The molecule has 0 unspecified atom stereocenters. The zero-order chi connectivity index (χ0) is 11.6. The first kappa shape index (κ1) is 12.0. The minimum absolute atomic E-state index is 0.491. The van der Waals surface area contributed by atoms with E-state index in [9.17, 15) is 0 Å². The predicted molar refractivity (Wildman–Crippen MR) is 66.7 cm³/mol. The van der Waals surface area contributed by atoms with Gasteiger partial charge >= 0.3 is 0 Å². The van der Waals surface area contributed by atoms with Gasteiger partial charge in [0.25, 0.3) is 0 Å². The first-order valence-electron chi connectivity index (χ1n) is 5.61. The second-order valence-electron chi connectivity index (χ2n) is 4.85. The maximum atomic E-state index is 4.72. The van der Waals surface area contributed by atoms with E-state index in [4.69, 9.17) is 4.98 Å². The molecule has 1 rings (SSSR count). The summed E-state index contributed by atoms with van der Waals surface area (Å²) >= 11 is 0. The van der Waals surface area contributed by atoms with E-state index in [1.54, 1.807) is 0 Å². The molecule has 0 aliphatic carbocycles. The molecular formula is C13H22N2. The van der Waals surface area contributed by atoms with Crippen LogP contribution in [0.25, 0.3) is 0 Å². The van der Waals surface area contributed by atoms with Crippen molar-refractivity contribution in [1.29, 1.82) is 0 Å². The topological polar surface area (TPSA) is 16.1 Å². The van der Waals surface area contributed by atoms with E-state index in [1.165, 1.54) is 11.3 Å². The molecule has 0 saturated carbocycles. The number of hydrogen-bond donors (Lipinski definition) is 0. The monoisotopic (exact) mass is 206 g/mol. The van der Waals surface area contributed by atoms with Crippen molar-refractivity contribution < 1.29 is 0 Å². The number of aromatic nitrogens is 1. The van der Waals surface area contributed by atoms with Crippen molar-refractivity contribution in [1.82, 2.24) is 4.98 Å². The molecule has 0 radical (unpaired) electrons. The molecule has 0 N–H and O–H groups in total. The highest BCUT2D eigenvalue weighted by Gasteiger charge is 2.12. The summed E-state index contributed by atoms with van der Waals surface area (Å²) in [5.41, 5.74) is 2.49. The molecule has 2 heteroatoms. The molecule has 2 nitrogen and oxygen atoms in total. The smallest absolute Gasteiger partial charge is 0.131 e. The fourth-order valence-corrected chi connectivity index (χ4v) is 1.60. The minimum Gasteiger partial charge on any atom is -0.363 e. The lowest BCUT2D eigenvalue weighted by atomic mass is 10.0. The summed E-state index contributed by atoms with van der Waals surface area (Å²) in [4.78, 5) is 6.82. The Kier molecular flexibility index (Phi) is 3.72. The van der Waals surface area contributed by atoms with Crippen molar-refractivity contribution in [3.05, 3.63) is 23.4 Å². The third kappa shape index (κ3) is 2.71. The standard InChI is InChI=1S/C13H22N2/c1-9(2)11-7-8-12(10(3)4)14-13(11)15(5)6/h7-10H,1-6H3. The quantitative estimate of drug-likeness (QED) is 0.753. The van der Waals surface area contributed by atoms with Gasteiger partial charge in [-0.1, -0.05) is 33.8 Å². The second-order valence-corrected chi connectivity index (χ2v) is 4.85. The van der Waals surface area contributed by atoms with Crippen LogP contribution < -0.4 is 4.90 Å². The second kappa shape index (κ2) is 4.65. The predicted octanol–water partition coefficient (Wildman–Crippen LogP) is 3.39. The van der Waals surface area contributed by atoms with Crippen molar-refractivity contribution in [3.8, 4) is 0 Å². The fraction of sp³-hybridized carbons (Fsp3) is 0.615. The highest BCUT2D eigenvalue weighted by Crippen LogP contribution is 2.26. The SMILES string of the molecule is CC(C)c1ccc(C(C)C)c(N(C)C)n1. The molecule has 15 heavy (non-hydrogen) atoms. The largest absolute Gasteiger partial charge is 0.363 e. The summed E-state index contributed by atoms with van der Waals surface area (Å²) in [5, 5.41) is 0. The molecule has 0 atom stereocenters. The third-order valence-electron chi connectivity index (χ3n) is 2.56. The first-order chi connectivity index (χ1) is 6.93. The van der Waals surface area contributed by atoms with Crippen LogP contribution in [0.4, 0.5) is 5.82 Å². The van der Waals surface area contributed by atoms with Crippen LogP contribution in [-0.2, 0) is 0 Å². The minimum atomic E-state index is 0.491. The summed E-state index contributed by atoms with van der Waals surface area (Å²) in [6.45, 7) is 8.77. The van der Waals surface area contributed by atoms with Gasteiger partial charge < -0.3 is 4.90 Å². The fourth-order valence-electron chi connectivity index (χ4n) is 1.60. The maximum Gasteiger partial charge on any atom is 0.131 e. The average Bonchev–Trinajstić information content (AvgIpc) is 2.16. The van der Waals surface area contributed by atoms with E-state index in [0.717, 1.165) is 5.82 Å². The van der Waals surface area contributed by atoms with Crippen molar-refractivity contribution in [2.75, 3.05) is 19.0 Å². The summed E-state index contributed by atoms with van der Waals surface area (Å²) in [6, 6.07) is 4.36. The Labute approximate surface area is 93.3 Å². The highest BCUT2D eigenvalue weighted by molar-refractivity contribution is 5.48. The Bertz CT molecular complexity index is 327. The summed E-state index contributed by atoms with van der Waals surface area (Å²) in [5.74, 6) is 2.12. The number of hydrogen-bond acceptors (Lipinski definition) is 2. The van der Waals surface area contributed by atoms with E-state index < -0.39 is 0 Å². The first-order valence-corrected chi connectivity index (χ1v) is 5.61. The van der Waals surface area contributed by atoms with E-state index in [0.29, 0.717) is 11.8 Å². The normalized spacial score (nSPS) is 11.2. The molecule has 0 saturated heterocycles. The lowest BCUT2D eigenvalue weighted by Crippen LogP contribution is -2.15. The van der Waals surface area contributed by atoms with Gasteiger partial charge in [0.2, 0.25) is 0 Å². The molecule has 0 spiro atoms. The molecule has 0 aliphatic heterocycles. The van der Waals surface area contributed by atoms with Gasteiger partial charge in [-0.25, -0.2) is 4.98 Å². The molecule has 1 aromatic rings. The Balaban J connectivity index is 3.21. The molecule has 0 aromatic carbocycles. The Morgan fingerprint density at radius 1 is 1.00 bits per heavy atom. The van der Waals surface area contributed by atoms with Gasteiger partial charge in [-0.2, -0.15) is 0 Å². The van der Waals surface area contributed by atoms with Crippen LogP contribution in [0.5, 0.6) is 0 Å². The van der Waals surface area contributed by atoms with Crippen molar-refractivity contribution in [2.45, 2.75) is 39.5 Å². The Morgan fingerprint density at radius 3 is 2.00 bits per heavy atom. The molecule has 0 fully saturated rings. The van der Waals surface area contributed by atoms with E-state index in [2.05, 4.69) is 58.8 Å². The summed E-state index contributed by atoms with van der Waals surface area (Å²) < 4.78 is 0. The molecule has 1 heterocycles. The van der Waals surface area contributed by atoms with Gasteiger partial charge in [0.05, 0.1) is 0 Å². The zero-order valence-electron chi connectivity index (χ0n) is 10.7. The number of nitrogens with zero attached hydrogens (tertiary/aromatic N) is 2. The number of rotatable bonds is 3. The van der Waals surface area contributed by atoms with E-state index in [1.807, 2.05) is 0 Å². The molecule has 1 aromatic heterocycles. The maximum absolute atomic E-state index is 4.72. The number of anilines is 1. The molecule has 0 amide bonds. The van der Waals surface area contributed by atoms with Crippen LogP contribution in [-0.4, -0.2) is 19.1 Å². The van der Waals surface area contributed by atoms with Gasteiger partial charge in [0.15, 0.2) is 0 Å². The molecule has 84 valence electrons. The lowest BCUT2D eigenvalue weighted by Gasteiger charge is -2.20. The van der Waals surface area contributed by atoms with Crippen LogP contribution in [0.15, 0.2) is 12.1 Å². The van der Waals surface area contributed by atoms with E-state index in [-0.39, 0.29) is 0 Å². The molecule has 0 aliphatic rings. The molecule has 0 bridgehead atoms. The van der Waals surface area contributed by atoms with Gasteiger partial charge in [-0.05, 0) is 23.5 Å². The van der Waals surface area contributed by atoms with Crippen LogP contribution in [0.1, 0.15) is 50.8 Å². The van der Waals surface area contributed by atoms with Crippen molar-refractivity contribution in [3.63, 3.8) is 0 Å². The van der Waals surface area contributed by atoms with Crippen LogP contribution in [0, 0.1) is 0 Å². The Hall–Kier alpha value is -1.05. The lowest BCUT2D eigenvalue weighted by molar-refractivity contribution is 0.794. The Morgan fingerprint density at radius 2 is 1.60 bits per heavy atom.